The summed E-state index contributed by atoms with van der Waals surface area (Å²) in [7, 11) is 0. The van der Waals surface area contributed by atoms with Crippen molar-refractivity contribution in [3.05, 3.63) is 52.5 Å². The van der Waals surface area contributed by atoms with Crippen molar-refractivity contribution in [3.8, 4) is 0 Å². The molecule has 3 rings (SSSR count). The number of aromatic nitrogens is 2. The van der Waals surface area contributed by atoms with E-state index in [2.05, 4.69) is 20.8 Å². The summed E-state index contributed by atoms with van der Waals surface area (Å²) in [6.07, 6.45) is 1.58. The number of amides is 1. The molecule has 0 saturated carbocycles. The van der Waals surface area contributed by atoms with E-state index in [4.69, 9.17) is 4.52 Å². The highest BCUT2D eigenvalue weighted by Gasteiger charge is 2.07. The number of carbonyl (C=O) groups excluding carboxylic acids is 1. The summed E-state index contributed by atoms with van der Waals surface area (Å²) < 4.78 is 4.96. The van der Waals surface area contributed by atoms with Gasteiger partial charge in [-0.05, 0) is 30.5 Å². The van der Waals surface area contributed by atoms with Gasteiger partial charge in [0.1, 0.15) is 11.6 Å². The van der Waals surface area contributed by atoms with Gasteiger partial charge in [0.15, 0.2) is 5.82 Å². The number of nitrogens with one attached hydrogen (secondary N) is 2. The first-order chi connectivity index (χ1) is 10.2. The van der Waals surface area contributed by atoms with Crippen molar-refractivity contribution in [3.63, 3.8) is 0 Å². The molecule has 6 nitrogen and oxygen atoms in total. The molecule has 0 fully saturated rings. The zero-order valence-corrected chi connectivity index (χ0v) is 12.0. The van der Waals surface area contributed by atoms with Crippen LogP contribution in [0.2, 0.25) is 0 Å². The molecule has 3 aromatic heterocycles. The number of anilines is 3. The highest BCUT2D eigenvalue weighted by atomic mass is 32.1. The molecule has 21 heavy (non-hydrogen) atoms. The Balaban J connectivity index is 1.65. The number of hydrogen-bond donors (Lipinski definition) is 2. The van der Waals surface area contributed by atoms with Gasteiger partial charge >= 0.3 is 0 Å². The molecule has 0 saturated heterocycles. The van der Waals surface area contributed by atoms with Crippen LogP contribution in [0.3, 0.4) is 0 Å². The minimum Gasteiger partial charge on any atom is -0.360 e. The molecule has 0 aliphatic heterocycles. The van der Waals surface area contributed by atoms with Crippen LogP contribution >= 0.6 is 11.3 Å². The van der Waals surface area contributed by atoms with Crippen LogP contribution < -0.4 is 10.6 Å². The summed E-state index contributed by atoms with van der Waals surface area (Å²) in [4.78, 5) is 16.8. The third kappa shape index (κ3) is 3.26. The van der Waals surface area contributed by atoms with E-state index in [1.807, 2.05) is 18.4 Å². The zero-order valence-electron chi connectivity index (χ0n) is 11.2. The lowest BCUT2D eigenvalue weighted by Crippen LogP contribution is -2.10. The fourth-order valence-electron chi connectivity index (χ4n) is 1.70. The predicted octanol–water partition coefficient (Wildman–Crippen LogP) is 3.44. The first-order valence-electron chi connectivity index (χ1n) is 6.22. The summed E-state index contributed by atoms with van der Waals surface area (Å²) in [6, 6.07) is 8.91. The van der Waals surface area contributed by atoms with E-state index in [0.717, 1.165) is 5.76 Å². The standard InChI is InChI=1S/C14H12N4O2S/c1-9-7-13(18-20-9)17-12-5-4-10(8-15-12)16-14(19)11-3-2-6-21-11/h2-8H,1H3,(H,16,19)(H,15,17,18). The van der Waals surface area contributed by atoms with E-state index < -0.39 is 0 Å². The van der Waals surface area contributed by atoms with Crippen LogP contribution in [0.5, 0.6) is 0 Å². The van der Waals surface area contributed by atoms with Gasteiger partial charge in [0.25, 0.3) is 5.91 Å². The second kappa shape index (κ2) is 5.76. The second-order valence-corrected chi connectivity index (χ2v) is 5.26. The van der Waals surface area contributed by atoms with Crippen molar-refractivity contribution in [2.45, 2.75) is 6.92 Å². The number of hydrogen-bond acceptors (Lipinski definition) is 6. The Bertz CT molecular complexity index is 735. The number of carbonyl (C=O) groups is 1. The monoisotopic (exact) mass is 300 g/mol. The van der Waals surface area contributed by atoms with Gasteiger partial charge in [-0.3, -0.25) is 4.79 Å². The zero-order chi connectivity index (χ0) is 14.7. The predicted molar refractivity (Wildman–Crippen MR) is 81.0 cm³/mol. The van der Waals surface area contributed by atoms with Gasteiger partial charge in [-0.25, -0.2) is 4.98 Å². The van der Waals surface area contributed by atoms with Crippen LogP contribution in [-0.4, -0.2) is 16.0 Å². The average Bonchev–Trinajstić information content (AvgIpc) is 3.13. The molecule has 0 atom stereocenters. The van der Waals surface area contributed by atoms with Gasteiger partial charge in [-0.1, -0.05) is 11.2 Å². The first kappa shape index (κ1) is 13.3. The average molecular weight is 300 g/mol. The lowest BCUT2D eigenvalue weighted by molar-refractivity contribution is 0.103. The summed E-state index contributed by atoms with van der Waals surface area (Å²) in [6.45, 7) is 1.81. The van der Waals surface area contributed by atoms with Gasteiger partial charge in [0.05, 0.1) is 16.8 Å². The van der Waals surface area contributed by atoms with E-state index in [1.54, 1.807) is 30.5 Å². The van der Waals surface area contributed by atoms with Gasteiger partial charge in [-0.15, -0.1) is 11.3 Å². The summed E-state index contributed by atoms with van der Waals surface area (Å²) in [5, 5.41) is 11.5. The Kier molecular flexibility index (Phi) is 3.65. The van der Waals surface area contributed by atoms with Crippen molar-refractivity contribution in [2.24, 2.45) is 0 Å². The maximum absolute atomic E-state index is 11.9. The number of aryl methyl sites for hydroxylation is 1. The van der Waals surface area contributed by atoms with Gasteiger partial charge in [0, 0.05) is 6.07 Å². The minimum absolute atomic E-state index is 0.139. The lowest BCUT2D eigenvalue weighted by Gasteiger charge is -2.05. The molecule has 106 valence electrons. The van der Waals surface area contributed by atoms with E-state index in [-0.39, 0.29) is 5.91 Å². The first-order valence-corrected chi connectivity index (χ1v) is 7.10. The highest BCUT2D eigenvalue weighted by molar-refractivity contribution is 7.12. The van der Waals surface area contributed by atoms with Crippen LogP contribution in [0.15, 0.2) is 46.4 Å². The Hall–Kier alpha value is -2.67. The van der Waals surface area contributed by atoms with Crippen LogP contribution in [0.4, 0.5) is 17.3 Å². The van der Waals surface area contributed by atoms with Gasteiger partial charge < -0.3 is 15.2 Å². The largest absolute Gasteiger partial charge is 0.360 e. The Labute approximate surface area is 124 Å². The molecule has 3 aromatic rings. The van der Waals surface area contributed by atoms with Crippen molar-refractivity contribution in [1.29, 1.82) is 0 Å². The molecule has 0 unspecified atom stereocenters. The van der Waals surface area contributed by atoms with E-state index in [0.29, 0.717) is 22.2 Å². The summed E-state index contributed by atoms with van der Waals surface area (Å²) >= 11 is 1.39. The Morgan fingerprint density at radius 2 is 2.19 bits per heavy atom. The summed E-state index contributed by atoms with van der Waals surface area (Å²) in [5.74, 6) is 1.80. The number of rotatable bonds is 4. The van der Waals surface area contributed by atoms with E-state index in [1.165, 1.54) is 11.3 Å². The Morgan fingerprint density at radius 3 is 2.81 bits per heavy atom. The number of pyridine rings is 1. The molecular weight excluding hydrogens is 288 g/mol. The molecule has 0 aromatic carbocycles. The second-order valence-electron chi connectivity index (χ2n) is 4.31. The number of nitrogens with zero attached hydrogens (tertiary/aromatic N) is 2. The molecule has 0 aliphatic rings. The molecular formula is C14H12N4O2S. The van der Waals surface area contributed by atoms with Crippen LogP contribution in [-0.2, 0) is 0 Å². The lowest BCUT2D eigenvalue weighted by atomic mass is 10.3. The molecule has 7 heteroatoms. The van der Waals surface area contributed by atoms with Crippen LogP contribution in [0, 0.1) is 6.92 Å². The van der Waals surface area contributed by atoms with Crippen molar-refractivity contribution >= 4 is 34.6 Å². The van der Waals surface area contributed by atoms with Crippen LogP contribution in [0.25, 0.3) is 0 Å². The maximum Gasteiger partial charge on any atom is 0.265 e. The smallest absolute Gasteiger partial charge is 0.265 e. The normalized spacial score (nSPS) is 10.3. The molecule has 0 radical (unpaired) electrons. The summed E-state index contributed by atoms with van der Waals surface area (Å²) in [5.41, 5.74) is 0.635. The van der Waals surface area contributed by atoms with Gasteiger partial charge in [-0.2, -0.15) is 0 Å². The SMILES string of the molecule is Cc1cc(Nc2ccc(NC(=O)c3cccs3)cn2)no1. The quantitative estimate of drug-likeness (QED) is 0.771. The van der Waals surface area contributed by atoms with Crippen molar-refractivity contribution in [2.75, 3.05) is 10.6 Å². The highest BCUT2D eigenvalue weighted by Crippen LogP contribution is 2.17. The topological polar surface area (TPSA) is 80.0 Å². The third-order valence-electron chi connectivity index (χ3n) is 2.65. The molecule has 0 aliphatic carbocycles. The maximum atomic E-state index is 11.9. The van der Waals surface area contributed by atoms with E-state index >= 15 is 0 Å². The fraction of sp³-hybridized carbons (Fsp3) is 0.0714. The molecule has 2 N–H and O–H groups in total. The Morgan fingerprint density at radius 1 is 1.29 bits per heavy atom. The van der Waals surface area contributed by atoms with Crippen LogP contribution in [0.1, 0.15) is 15.4 Å². The third-order valence-corrected chi connectivity index (χ3v) is 3.52. The molecule has 0 bridgehead atoms. The van der Waals surface area contributed by atoms with Gasteiger partial charge in [0.2, 0.25) is 0 Å². The molecule has 0 spiro atoms. The fourth-order valence-corrected chi connectivity index (χ4v) is 2.32. The molecule has 1 amide bonds. The minimum atomic E-state index is -0.139. The van der Waals surface area contributed by atoms with Crippen molar-refractivity contribution in [1.82, 2.24) is 10.1 Å². The molecule has 3 heterocycles. The number of thiophene rings is 1. The van der Waals surface area contributed by atoms with E-state index in [9.17, 15) is 4.79 Å². The van der Waals surface area contributed by atoms with Crippen molar-refractivity contribution < 1.29 is 9.32 Å².